The summed E-state index contributed by atoms with van der Waals surface area (Å²) in [4.78, 5) is 13.8. The predicted molar refractivity (Wildman–Crippen MR) is 167 cm³/mol. The maximum absolute atomic E-state index is 13.8. The van der Waals surface area contributed by atoms with Gasteiger partial charge < -0.3 is 28.3 Å². The van der Waals surface area contributed by atoms with E-state index < -0.39 is 0 Å². The maximum Gasteiger partial charge on any atom is 0.235 e. The summed E-state index contributed by atoms with van der Waals surface area (Å²) in [7, 11) is 7.94. The van der Waals surface area contributed by atoms with Crippen LogP contribution < -0.4 is 29.1 Å². The quantitative estimate of drug-likeness (QED) is 0.135. The Bertz CT molecular complexity index is 1300. The summed E-state index contributed by atoms with van der Waals surface area (Å²) in [5, 5.41) is 0.480. The molecule has 0 aliphatic rings. The van der Waals surface area contributed by atoms with Gasteiger partial charge in [0.05, 0.1) is 52.1 Å². The average Bonchev–Trinajstić information content (AvgIpc) is 3.01. The molecule has 0 saturated heterocycles. The second-order valence-corrected chi connectivity index (χ2v) is 10.5. The molecule has 3 rings (SSSR count). The van der Waals surface area contributed by atoms with Gasteiger partial charge in [-0.25, -0.2) is 0 Å². The minimum absolute atomic E-state index is 0.224. The van der Waals surface area contributed by atoms with Crippen molar-refractivity contribution in [1.82, 2.24) is 4.57 Å². The van der Waals surface area contributed by atoms with Crippen molar-refractivity contribution >= 4 is 10.9 Å². The average molecular weight is 568 g/mol. The maximum atomic E-state index is 13.8. The number of hydrogen-bond donors (Lipinski definition) is 0. The second kappa shape index (κ2) is 16.8. The van der Waals surface area contributed by atoms with Crippen LogP contribution in [-0.2, 0) is 6.54 Å². The number of nitrogens with zero attached hydrogens (tertiary/aromatic N) is 1. The van der Waals surface area contributed by atoms with Gasteiger partial charge in [-0.2, -0.15) is 0 Å². The predicted octanol–water partition coefficient (Wildman–Crippen LogP) is 8.41. The van der Waals surface area contributed by atoms with Crippen LogP contribution in [0.2, 0.25) is 0 Å². The molecule has 1 heterocycles. The van der Waals surface area contributed by atoms with E-state index in [-0.39, 0.29) is 11.2 Å². The second-order valence-electron chi connectivity index (χ2n) is 10.5. The first-order valence-corrected chi connectivity index (χ1v) is 15.1. The minimum atomic E-state index is -0.224. The number of unbranched alkanes of at least 4 members (excludes halogenated alkanes) is 11. The molecular formula is C34H49NO6. The number of hydrogen-bond acceptors (Lipinski definition) is 6. The Balaban J connectivity index is 1.89. The number of pyridine rings is 1. The van der Waals surface area contributed by atoms with E-state index >= 15 is 0 Å². The Labute approximate surface area is 245 Å². The molecule has 0 aliphatic carbocycles. The number of aryl methyl sites for hydroxylation is 1. The van der Waals surface area contributed by atoms with Crippen LogP contribution in [0, 0.1) is 0 Å². The van der Waals surface area contributed by atoms with E-state index in [1.807, 2.05) is 24.3 Å². The lowest BCUT2D eigenvalue weighted by atomic mass is 10.0. The molecule has 0 atom stereocenters. The van der Waals surface area contributed by atoms with Gasteiger partial charge in [-0.15, -0.1) is 0 Å². The van der Waals surface area contributed by atoms with Crippen LogP contribution in [0.25, 0.3) is 22.2 Å². The zero-order valence-electron chi connectivity index (χ0n) is 26.0. The molecule has 0 saturated carbocycles. The van der Waals surface area contributed by atoms with Crippen molar-refractivity contribution in [2.45, 2.75) is 90.5 Å². The molecule has 0 amide bonds. The molecule has 7 heteroatoms. The molecule has 1 aromatic heterocycles. The van der Waals surface area contributed by atoms with Crippen molar-refractivity contribution in [3.63, 3.8) is 0 Å². The van der Waals surface area contributed by atoms with Gasteiger partial charge >= 0.3 is 0 Å². The molecule has 0 spiro atoms. The van der Waals surface area contributed by atoms with Crippen LogP contribution in [-0.4, -0.2) is 40.1 Å². The third-order valence-electron chi connectivity index (χ3n) is 7.82. The molecule has 226 valence electrons. The highest BCUT2D eigenvalue weighted by Gasteiger charge is 2.23. The van der Waals surface area contributed by atoms with Crippen LogP contribution >= 0.6 is 0 Å². The number of methoxy groups -OCH3 is 5. The monoisotopic (exact) mass is 567 g/mol. The summed E-state index contributed by atoms with van der Waals surface area (Å²) >= 11 is 0. The van der Waals surface area contributed by atoms with Crippen molar-refractivity contribution in [1.29, 1.82) is 0 Å². The summed E-state index contributed by atoms with van der Waals surface area (Å²) in [6, 6.07) is 9.32. The largest absolute Gasteiger partial charge is 0.497 e. The smallest absolute Gasteiger partial charge is 0.235 e. The molecule has 41 heavy (non-hydrogen) atoms. The van der Waals surface area contributed by atoms with Crippen molar-refractivity contribution < 1.29 is 23.7 Å². The lowest BCUT2D eigenvalue weighted by molar-refractivity contribution is 0.355. The molecule has 0 N–H and O–H groups in total. The Morgan fingerprint density at radius 2 is 1.20 bits per heavy atom. The number of fused-ring (bicyclic) bond motifs is 1. The first-order chi connectivity index (χ1) is 20.0. The van der Waals surface area contributed by atoms with Gasteiger partial charge in [0.25, 0.3) is 0 Å². The van der Waals surface area contributed by atoms with Crippen LogP contribution in [0.4, 0.5) is 0 Å². The lowest BCUT2D eigenvalue weighted by Crippen LogP contribution is -2.17. The summed E-state index contributed by atoms with van der Waals surface area (Å²) in [6.07, 6.45) is 15.3. The van der Waals surface area contributed by atoms with E-state index in [1.165, 1.54) is 71.3 Å². The molecular weight excluding hydrogens is 518 g/mol. The van der Waals surface area contributed by atoms with E-state index in [9.17, 15) is 4.79 Å². The number of ether oxygens (including phenoxy) is 5. The Morgan fingerprint density at radius 1 is 0.610 bits per heavy atom. The molecule has 0 unspecified atom stereocenters. The minimum Gasteiger partial charge on any atom is -0.497 e. The Kier molecular flexibility index (Phi) is 13.2. The van der Waals surface area contributed by atoms with Crippen LogP contribution in [0.1, 0.15) is 84.0 Å². The van der Waals surface area contributed by atoms with E-state index in [1.54, 1.807) is 34.5 Å². The number of benzene rings is 2. The molecule has 0 bridgehead atoms. The third-order valence-corrected chi connectivity index (χ3v) is 7.82. The Hall–Kier alpha value is -3.35. The van der Waals surface area contributed by atoms with Crippen LogP contribution in [0.3, 0.4) is 0 Å². The summed E-state index contributed by atoms with van der Waals surface area (Å²) in [6.45, 7) is 2.98. The van der Waals surface area contributed by atoms with Crippen molar-refractivity contribution in [2.24, 2.45) is 0 Å². The lowest BCUT2D eigenvalue weighted by Gasteiger charge is -2.22. The molecule has 2 aromatic carbocycles. The SMILES string of the molecule is CCCCCCCCCCCCCCn1c(-c2ccc(OC)c(OC)c2)c(OC)c(=O)c2c(OC)cc(OC)cc21. The summed E-state index contributed by atoms with van der Waals surface area (Å²) in [5.41, 5.74) is 2.03. The first kappa shape index (κ1) is 32.2. The molecule has 3 aromatic rings. The fourth-order valence-corrected chi connectivity index (χ4v) is 5.56. The zero-order chi connectivity index (χ0) is 29.6. The standard InChI is InChI=1S/C34H49NO6/c1-7-8-9-10-11-12-13-14-15-16-17-18-21-35-27-23-26(37-2)24-30(40-5)31(27)33(36)34(41-6)32(35)25-19-20-28(38-3)29(22-25)39-4/h19-20,22-24H,7-18,21H2,1-6H3. The van der Waals surface area contributed by atoms with Crippen molar-refractivity contribution in [2.75, 3.05) is 35.5 Å². The van der Waals surface area contributed by atoms with Crippen molar-refractivity contribution in [3.8, 4) is 40.0 Å². The van der Waals surface area contributed by atoms with Gasteiger partial charge in [0.15, 0.2) is 17.2 Å². The Morgan fingerprint density at radius 3 is 1.73 bits per heavy atom. The van der Waals surface area contributed by atoms with E-state index in [4.69, 9.17) is 23.7 Å². The van der Waals surface area contributed by atoms with E-state index in [2.05, 4.69) is 11.5 Å². The molecule has 0 aliphatic heterocycles. The van der Waals surface area contributed by atoms with E-state index in [0.29, 0.717) is 40.6 Å². The van der Waals surface area contributed by atoms with Crippen LogP contribution in [0.15, 0.2) is 35.1 Å². The third kappa shape index (κ3) is 8.11. The fraction of sp³-hybridized carbons (Fsp3) is 0.559. The van der Waals surface area contributed by atoms with Gasteiger partial charge in [-0.3, -0.25) is 4.79 Å². The van der Waals surface area contributed by atoms with Gasteiger partial charge in [-0.05, 0) is 24.6 Å². The highest BCUT2D eigenvalue weighted by Crippen LogP contribution is 2.39. The molecule has 0 fully saturated rings. The van der Waals surface area contributed by atoms with Gasteiger partial charge in [0.2, 0.25) is 5.43 Å². The number of rotatable bonds is 19. The normalized spacial score (nSPS) is 11.1. The van der Waals surface area contributed by atoms with Crippen LogP contribution in [0.5, 0.6) is 28.7 Å². The van der Waals surface area contributed by atoms with E-state index in [0.717, 1.165) is 23.9 Å². The topological polar surface area (TPSA) is 68.2 Å². The molecule has 0 radical (unpaired) electrons. The van der Waals surface area contributed by atoms with Crippen molar-refractivity contribution in [3.05, 3.63) is 40.6 Å². The first-order valence-electron chi connectivity index (χ1n) is 15.1. The summed E-state index contributed by atoms with van der Waals surface area (Å²) in [5.74, 6) is 2.56. The molecule has 7 nitrogen and oxygen atoms in total. The number of aromatic nitrogens is 1. The zero-order valence-corrected chi connectivity index (χ0v) is 26.0. The van der Waals surface area contributed by atoms with Gasteiger partial charge in [-0.1, -0.05) is 77.6 Å². The van der Waals surface area contributed by atoms with Gasteiger partial charge in [0, 0.05) is 24.2 Å². The highest BCUT2D eigenvalue weighted by molar-refractivity contribution is 5.92. The fourth-order valence-electron chi connectivity index (χ4n) is 5.56. The summed E-state index contributed by atoms with van der Waals surface area (Å²) < 4.78 is 30.2. The highest BCUT2D eigenvalue weighted by atomic mass is 16.5. The van der Waals surface area contributed by atoms with Gasteiger partial charge in [0.1, 0.15) is 11.5 Å².